The van der Waals surface area contributed by atoms with Gasteiger partial charge in [0.15, 0.2) is 0 Å². The summed E-state index contributed by atoms with van der Waals surface area (Å²) >= 11 is 3.42. The number of nitro groups is 1. The molecule has 1 aromatic heterocycles. The van der Waals surface area contributed by atoms with E-state index in [0.29, 0.717) is 23.8 Å². The van der Waals surface area contributed by atoms with Crippen LogP contribution in [0.4, 0.5) is 5.69 Å². The van der Waals surface area contributed by atoms with Gasteiger partial charge in [-0.1, -0.05) is 5.21 Å². The first kappa shape index (κ1) is 14.2. The van der Waals surface area contributed by atoms with Crippen molar-refractivity contribution in [2.75, 3.05) is 0 Å². The third-order valence-corrected chi connectivity index (χ3v) is 4.03. The molecule has 1 heterocycles. The zero-order chi connectivity index (χ0) is 15.0. The molecule has 1 fully saturated rings. The average Bonchev–Trinajstić information content (AvgIpc) is 3.14. The van der Waals surface area contributed by atoms with Crippen molar-refractivity contribution in [3.05, 3.63) is 44.2 Å². The lowest BCUT2D eigenvalue weighted by Gasteiger charge is -2.05. The maximum absolute atomic E-state index is 11.0. The molecule has 0 bridgehead atoms. The van der Waals surface area contributed by atoms with E-state index in [9.17, 15) is 10.1 Å². The summed E-state index contributed by atoms with van der Waals surface area (Å²) in [5.41, 5.74) is 2.10. The molecule has 0 amide bonds. The Bertz CT molecular complexity index is 696. The quantitative estimate of drug-likeness (QED) is 0.660. The van der Waals surface area contributed by atoms with Gasteiger partial charge >= 0.3 is 0 Å². The van der Waals surface area contributed by atoms with Gasteiger partial charge in [-0.15, -0.1) is 5.10 Å². The molecule has 3 rings (SSSR count). The zero-order valence-corrected chi connectivity index (χ0v) is 13.0. The lowest BCUT2D eigenvalue weighted by atomic mass is 10.2. The molecule has 0 saturated heterocycles. The molecule has 1 saturated carbocycles. The standard InChI is InChI=1S/C13H14BrN5O2/c1-8-4-11(14)13(5-12(8)19(20)21)18-7-10(16-17-18)6-15-9-2-3-9/h4-5,7,9,15H,2-3,6H2,1H3. The van der Waals surface area contributed by atoms with Crippen molar-refractivity contribution in [3.63, 3.8) is 0 Å². The first-order valence-corrected chi connectivity index (χ1v) is 7.43. The smallest absolute Gasteiger partial charge is 0.274 e. The number of nitrogens with zero attached hydrogens (tertiary/aromatic N) is 4. The van der Waals surface area contributed by atoms with Crippen LogP contribution in [-0.2, 0) is 6.54 Å². The van der Waals surface area contributed by atoms with Gasteiger partial charge in [-0.2, -0.15) is 0 Å². The Morgan fingerprint density at radius 2 is 2.29 bits per heavy atom. The molecule has 1 aromatic carbocycles. The molecule has 7 nitrogen and oxygen atoms in total. The number of hydrogen-bond acceptors (Lipinski definition) is 5. The van der Waals surface area contributed by atoms with Crippen LogP contribution < -0.4 is 5.32 Å². The van der Waals surface area contributed by atoms with Gasteiger partial charge in [-0.05, 0) is 41.8 Å². The van der Waals surface area contributed by atoms with Crippen molar-refractivity contribution in [3.8, 4) is 5.69 Å². The molecule has 1 aliphatic carbocycles. The summed E-state index contributed by atoms with van der Waals surface area (Å²) in [6, 6.07) is 3.83. The molecular formula is C13H14BrN5O2. The lowest BCUT2D eigenvalue weighted by Crippen LogP contribution is -2.15. The maximum atomic E-state index is 11.0. The first-order valence-electron chi connectivity index (χ1n) is 6.64. The Kier molecular flexibility index (Phi) is 3.73. The average molecular weight is 352 g/mol. The van der Waals surface area contributed by atoms with Crippen molar-refractivity contribution in [2.45, 2.75) is 32.4 Å². The van der Waals surface area contributed by atoms with Crippen LogP contribution in [0.1, 0.15) is 24.1 Å². The fourth-order valence-electron chi connectivity index (χ4n) is 2.06. The van der Waals surface area contributed by atoms with E-state index in [1.807, 2.05) is 0 Å². The molecule has 0 aliphatic heterocycles. The van der Waals surface area contributed by atoms with Crippen LogP contribution in [0.2, 0.25) is 0 Å². The minimum absolute atomic E-state index is 0.0707. The number of aryl methyl sites for hydroxylation is 1. The van der Waals surface area contributed by atoms with E-state index in [4.69, 9.17) is 0 Å². The topological polar surface area (TPSA) is 85.9 Å². The predicted octanol–water partition coefficient (Wildman–Crippen LogP) is 2.50. The van der Waals surface area contributed by atoms with E-state index in [-0.39, 0.29) is 5.69 Å². The molecule has 1 aliphatic rings. The molecule has 110 valence electrons. The van der Waals surface area contributed by atoms with E-state index < -0.39 is 4.92 Å². The van der Waals surface area contributed by atoms with Crippen molar-refractivity contribution in [1.82, 2.24) is 20.3 Å². The van der Waals surface area contributed by atoms with Crippen LogP contribution in [0, 0.1) is 17.0 Å². The van der Waals surface area contributed by atoms with Gasteiger partial charge in [-0.25, -0.2) is 4.68 Å². The van der Waals surface area contributed by atoms with Gasteiger partial charge in [0.2, 0.25) is 0 Å². The molecule has 0 spiro atoms. The number of rotatable bonds is 5. The monoisotopic (exact) mass is 351 g/mol. The van der Waals surface area contributed by atoms with Gasteiger partial charge in [0.1, 0.15) is 0 Å². The number of aromatic nitrogens is 3. The SMILES string of the molecule is Cc1cc(Br)c(-n2cc(CNC3CC3)nn2)cc1[N+](=O)[O-]. The number of hydrogen-bond donors (Lipinski definition) is 1. The zero-order valence-electron chi connectivity index (χ0n) is 11.4. The third kappa shape index (κ3) is 3.11. The highest BCUT2D eigenvalue weighted by atomic mass is 79.9. The summed E-state index contributed by atoms with van der Waals surface area (Å²) in [4.78, 5) is 10.7. The largest absolute Gasteiger partial charge is 0.308 e. The Hall–Kier alpha value is -1.80. The second kappa shape index (κ2) is 5.53. The second-order valence-corrected chi connectivity index (χ2v) is 6.01. The van der Waals surface area contributed by atoms with Crippen molar-refractivity contribution in [1.29, 1.82) is 0 Å². The lowest BCUT2D eigenvalue weighted by molar-refractivity contribution is -0.385. The highest BCUT2D eigenvalue weighted by Gasteiger charge is 2.21. The van der Waals surface area contributed by atoms with Crippen LogP contribution in [-0.4, -0.2) is 26.0 Å². The van der Waals surface area contributed by atoms with E-state index >= 15 is 0 Å². The molecular weight excluding hydrogens is 338 g/mol. The van der Waals surface area contributed by atoms with Gasteiger partial charge in [0.25, 0.3) is 5.69 Å². The Morgan fingerprint density at radius 1 is 1.52 bits per heavy atom. The number of benzene rings is 1. The van der Waals surface area contributed by atoms with Crippen molar-refractivity contribution < 1.29 is 4.92 Å². The van der Waals surface area contributed by atoms with Gasteiger partial charge in [-0.3, -0.25) is 10.1 Å². The van der Waals surface area contributed by atoms with E-state index in [1.54, 1.807) is 23.9 Å². The first-order chi connectivity index (χ1) is 10.0. The molecule has 8 heteroatoms. The minimum atomic E-state index is -0.391. The van der Waals surface area contributed by atoms with Crippen LogP contribution >= 0.6 is 15.9 Å². The van der Waals surface area contributed by atoms with Crippen molar-refractivity contribution in [2.24, 2.45) is 0 Å². The maximum Gasteiger partial charge on any atom is 0.274 e. The Labute approximate surface area is 129 Å². The van der Waals surface area contributed by atoms with Crippen LogP contribution in [0.15, 0.2) is 22.8 Å². The molecule has 0 radical (unpaired) electrons. The summed E-state index contributed by atoms with van der Waals surface area (Å²) < 4.78 is 2.30. The van der Waals surface area contributed by atoms with Crippen LogP contribution in [0.25, 0.3) is 5.69 Å². The predicted molar refractivity (Wildman–Crippen MR) is 80.3 cm³/mol. The van der Waals surface area contributed by atoms with E-state index in [2.05, 4.69) is 31.6 Å². The summed E-state index contributed by atoms with van der Waals surface area (Å²) in [5, 5.41) is 22.5. The van der Waals surface area contributed by atoms with Crippen LogP contribution in [0.5, 0.6) is 0 Å². The van der Waals surface area contributed by atoms with Gasteiger partial charge < -0.3 is 5.32 Å². The van der Waals surface area contributed by atoms with E-state index in [1.165, 1.54) is 18.9 Å². The van der Waals surface area contributed by atoms with Gasteiger partial charge in [0, 0.05) is 28.7 Å². The Morgan fingerprint density at radius 3 is 2.95 bits per heavy atom. The molecule has 21 heavy (non-hydrogen) atoms. The van der Waals surface area contributed by atoms with Gasteiger partial charge in [0.05, 0.1) is 22.5 Å². The molecule has 0 atom stereocenters. The normalized spacial score (nSPS) is 14.4. The highest BCUT2D eigenvalue weighted by Crippen LogP contribution is 2.29. The fourth-order valence-corrected chi connectivity index (χ4v) is 2.70. The number of nitro benzene ring substituents is 1. The summed E-state index contributed by atoms with van der Waals surface area (Å²) in [6.07, 6.45) is 4.21. The number of halogens is 1. The summed E-state index contributed by atoms with van der Waals surface area (Å²) in [5.74, 6) is 0. The molecule has 0 unspecified atom stereocenters. The minimum Gasteiger partial charge on any atom is -0.308 e. The third-order valence-electron chi connectivity index (χ3n) is 3.40. The molecule has 1 N–H and O–H groups in total. The fraction of sp³-hybridized carbons (Fsp3) is 0.385. The second-order valence-electron chi connectivity index (χ2n) is 5.16. The van der Waals surface area contributed by atoms with E-state index in [0.717, 1.165) is 10.2 Å². The summed E-state index contributed by atoms with van der Waals surface area (Å²) in [6.45, 7) is 2.37. The molecule has 2 aromatic rings. The summed E-state index contributed by atoms with van der Waals surface area (Å²) in [7, 11) is 0. The Balaban J connectivity index is 1.88. The van der Waals surface area contributed by atoms with Crippen LogP contribution in [0.3, 0.4) is 0 Å². The number of nitrogens with one attached hydrogen (secondary N) is 1. The van der Waals surface area contributed by atoms with Crippen molar-refractivity contribution >= 4 is 21.6 Å². The highest BCUT2D eigenvalue weighted by molar-refractivity contribution is 9.10.